The number of rotatable bonds is 11. The number of benzene rings is 2. The molecule has 0 aliphatic heterocycles. The van der Waals surface area contributed by atoms with E-state index in [0.717, 1.165) is 35.0 Å². The Morgan fingerprint density at radius 2 is 1.94 bits per heavy atom. The number of carbonyl (C=O) groups is 1. The molecule has 2 heterocycles. The fourth-order valence-electron chi connectivity index (χ4n) is 3.79. The van der Waals surface area contributed by atoms with Crippen LogP contribution in [0.1, 0.15) is 31.4 Å². The first-order valence-corrected chi connectivity index (χ1v) is 11.4. The van der Waals surface area contributed by atoms with Crippen LogP contribution in [0.5, 0.6) is 5.88 Å². The summed E-state index contributed by atoms with van der Waals surface area (Å²) in [5.41, 5.74) is 2.00. The molecule has 0 bridgehead atoms. The zero-order chi connectivity index (χ0) is 24.0. The zero-order valence-electron chi connectivity index (χ0n) is 19.9. The lowest BCUT2D eigenvalue weighted by atomic mass is 10.1. The van der Waals surface area contributed by atoms with Gasteiger partial charge < -0.3 is 19.4 Å². The van der Waals surface area contributed by atoms with Crippen molar-refractivity contribution in [1.29, 1.82) is 0 Å². The van der Waals surface area contributed by atoms with Crippen LogP contribution in [0.4, 0.5) is 0 Å². The minimum atomic E-state index is -1.09. The summed E-state index contributed by atoms with van der Waals surface area (Å²) < 4.78 is 15.4. The van der Waals surface area contributed by atoms with Crippen LogP contribution in [0.3, 0.4) is 0 Å². The maximum absolute atomic E-state index is 12.9. The summed E-state index contributed by atoms with van der Waals surface area (Å²) in [6, 6.07) is 16.2. The van der Waals surface area contributed by atoms with Crippen LogP contribution in [-0.4, -0.2) is 44.5 Å². The minimum Gasteiger partial charge on any atom is -0.460 e. The first-order valence-electron chi connectivity index (χ1n) is 11.4. The number of nitrogens with zero attached hydrogens (tertiary/aromatic N) is 4. The van der Waals surface area contributed by atoms with Gasteiger partial charge in [0.2, 0.25) is 5.88 Å². The van der Waals surface area contributed by atoms with E-state index < -0.39 is 5.60 Å². The molecule has 0 saturated carbocycles. The summed E-state index contributed by atoms with van der Waals surface area (Å²) in [5, 5.41) is 8.58. The molecule has 0 saturated heterocycles. The maximum atomic E-state index is 12.9. The van der Waals surface area contributed by atoms with E-state index in [1.54, 1.807) is 33.5 Å². The third kappa shape index (κ3) is 5.63. The van der Waals surface area contributed by atoms with Crippen molar-refractivity contribution in [2.24, 2.45) is 0 Å². The molecule has 0 radical (unpaired) electrons. The van der Waals surface area contributed by atoms with E-state index in [4.69, 9.17) is 14.6 Å². The molecular formula is C26H31N5O3. The highest BCUT2D eigenvalue weighted by Gasteiger charge is 2.31. The summed E-state index contributed by atoms with van der Waals surface area (Å²) in [5.74, 6) is 0.249. The van der Waals surface area contributed by atoms with Crippen LogP contribution in [0.2, 0.25) is 0 Å². The van der Waals surface area contributed by atoms with Gasteiger partial charge in [-0.15, -0.1) is 5.10 Å². The van der Waals surface area contributed by atoms with Gasteiger partial charge in [-0.1, -0.05) is 36.4 Å². The van der Waals surface area contributed by atoms with Gasteiger partial charge in [0.05, 0.1) is 30.4 Å². The topological polar surface area (TPSA) is 83.2 Å². The van der Waals surface area contributed by atoms with Gasteiger partial charge in [0.25, 0.3) is 5.91 Å². The quantitative estimate of drug-likeness (QED) is 0.344. The van der Waals surface area contributed by atoms with E-state index in [2.05, 4.69) is 22.4 Å². The lowest BCUT2D eigenvalue weighted by Crippen LogP contribution is -2.47. The van der Waals surface area contributed by atoms with E-state index in [-0.39, 0.29) is 5.91 Å². The standard InChI is InChI=1S/C26H31N5O3/c1-26(2,25(32)28-12-7-14-30-15-13-27-19-30)34-24-22-16-21(18-33-3)10-11-23(22)31(29-24)17-20-8-5-4-6-9-20/h4-6,8-11,13,15-16,19H,7,12,14,17-18H2,1-3H3,(H,28,32). The summed E-state index contributed by atoms with van der Waals surface area (Å²) in [7, 11) is 1.67. The number of ether oxygens (including phenoxy) is 2. The van der Waals surface area contributed by atoms with Gasteiger partial charge in [-0.05, 0) is 43.5 Å². The van der Waals surface area contributed by atoms with Crippen molar-refractivity contribution in [3.05, 3.63) is 78.4 Å². The molecule has 2 aromatic carbocycles. The number of fused-ring (bicyclic) bond motifs is 1. The molecule has 34 heavy (non-hydrogen) atoms. The second-order valence-electron chi connectivity index (χ2n) is 8.76. The third-order valence-electron chi connectivity index (χ3n) is 5.60. The summed E-state index contributed by atoms with van der Waals surface area (Å²) >= 11 is 0. The average Bonchev–Trinajstić information content (AvgIpc) is 3.46. The molecule has 0 atom stereocenters. The Hall–Kier alpha value is -3.65. The lowest BCUT2D eigenvalue weighted by molar-refractivity contribution is -0.134. The van der Waals surface area contributed by atoms with Crippen LogP contribution >= 0.6 is 0 Å². The molecule has 1 amide bonds. The molecule has 0 unspecified atom stereocenters. The monoisotopic (exact) mass is 461 g/mol. The van der Waals surface area contributed by atoms with Gasteiger partial charge in [-0.3, -0.25) is 9.48 Å². The number of aromatic nitrogens is 4. The fourth-order valence-corrected chi connectivity index (χ4v) is 3.79. The number of hydrogen-bond acceptors (Lipinski definition) is 5. The van der Waals surface area contributed by atoms with Crippen molar-refractivity contribution in [3.8, 4) is 5.88 Å². The maximum Gasteiger partial charge on any atom is 0.263 e. The van der Waals surface area contributed by atoms with Crippen LogP contribution in [0.25, 0.3) is 10.9 Å². The SMILES string of the molecule is COCc1ccc2c(c1)c(OC(C)(C)C(=O)NCCCn1ccnc1)nn2Cc1ccccc1. The summed E-state index contributed by atoms with van der Waals surface area (Å²) in [4.78, 5) is 17.0. The van der Waals surface area contributed by atoms with Crippen molar-refractivity contribution in [1.82, 2.24) is 24.6 Å². The second-order valence-corrected chi connectivity index (χ2v) is 8.76. The normalized spacial score (nSPS) is 11.6. The van der Waals surface area contributed by atoms with E-state index in [1.165, 1.54) is 0 Å². The molecule has 0 spiro atoms. The number of hydrogen-bond donors (Lipinski definition) is 1. The Morgan fingerprint density at radius 3 is 2.68 bits per heavy atom. The molecule has 8 heteroatoms. The lowest BCUT2D eigenvalue weighted by Gasteiger charge is -2.24. The van der Waals surface area contributed by atoms with E-state index in [9.17, 15) is 4.79 Å². The number of methoxy groups -OCH3 is 1. The van der Waals surface area contributed by atoms with Crippen molar-refractivity contribution in [2.45, 2.75) is 45.6 Å². The minimum absolute atomic E-state index is 0.183. The Bertz CT molecular complexity index is 1220. The molecule has 8 nitrogen and oxygen atoms in total. The molecule has 4 aromatic rings. The van der Waals surface area contributed by atoms with Gasteiger partial charge >= 0.3 is 0 Å². The molecule has 2 aromatic heterocycles. The Labute approximate surface area is 199 Å². The number of carbonyl (C=O) groups excluding carboxylic acids is 1. The van der Waals surface area contributed by atoms with Crippen molar-refractivity contribution >= 4 is 16.8 Å². The van der Waals surface area contributed by atoms with Gasteiger partial charge in [0.1, 0.15) is 0 Å². The largest absolute Gasteiger partial charge is 0.460 e. The predicted octanol–water partition coefficient (Wildman–Crippen LogP) is 3.79. The molecule has 178 valence electrons. The number of amides is 1. The van der Waals surface area contributed by atoms with Crippen molar-refractivity contribution in [3.63, 3.8) is 0 Å². The summed E-state index contributed by atoms with van der Waals surface area (Å²) in [6.45, 7) is 5.95. The highest BCUT2D eigenvalue weighted by atomic mass is 16.5. The number of nitrogens with one attached hydrogen (secondary N) is 1. The molecule has 4 rings (SSSR count). The average molecular weight is 462 g/mol. The Kier molecular flexibility index (Phi) is 7.27. The molecule has 0 aliphatic rings. The molecule has 0 fully saturated rings. The van der Waals surface area contributed by atoms with Crippen LogP contribution in [0, 0.1) is 0 Å². The molecule has 0 aliphatic carbocycles. The van der Waals surface area contributed by atoms with Gasteiger partial charge in [-0.2, -0.15) is 0 Å². The first-order chi connectivity index (χ1) is 16.5. The zero-order valence-corrected chi connectivity index (χ0v) is 19.9. The second kappa shape index (κ2) is 10.5. The molecule has 1 N–H and O–H groups in total. The molecular weight excluding hydrogens is 430 g/mol. The van der Waals surface area contributed by atoms with E-state index in [0.29, 0.717) is 25.6 Å². The first kappa shape index (κ1) is 23.5. The van der Waals surface area contributed by atoms with Crippen LogP contribution in [0.15, 0.2) is 67.3 Å². The predicted molar refractivity (Wildman–Crippen MR) is 131 cm³/mol. The summed E-state index contributed by atoms with van der Waals surface area (Å²) in [6.07, 6.45) is 6.22. The van der Waals surface area contributed by atoms with E-state index >= 15 is 0 Å². The number of imidazole rings is 1. The smallest absolute Gasteiger partial charge is 0.263 e. The third-order valence-corrected chi connectivity index (χ3v) is 5.60. The van der Waals surface area contributed by atoms with Gasteiger partial charge in [0, 0.05) is 32.6 Å². The van der Waals surface area contributed by atoms with Gasteiger partial charge in [-0.25, -0.2) is 4.98 Å². The van der Waals surface area contributed by atoms with E-state index in [1.807, 2.05) is 51.8 Å². The van der Waals surface area contributed by atoms with Crippen LogP contribution < -0.4 is 10.1 Å². The Morgan fingerprint density at radius 1 is 1.12 bits per heavy atom. The number of aryl methyl sites for hydroxylation is 1. The Balaban J connectivity index is 1.51. The highest BCUT2D eigenvalue weighted by Crippen LogP contribution is 2.30. The van der Waals surface area contributed by atoms with Crippen molar-refractivity contribution < 1.29 is 14.3 Å². The van der Waals surface area contributed by atoms with Crippen molar-refractivity contribution in [2.75, 3.05) is 13.7 Å². The van der Waals surface area contributed by atoms with Gasteiger partial charge in [0.15, 0.2) is 5.60 Å². The van der Waals surface area contributed by atoms with Crippen LogP contribution in [-0.2, 0) is 29.2 Å². The highest BCUT2D eigenvalue weighted by molar-refractivity contribution is 5.88. The fraction of sp³-hybridized carbons (Fsp3) is 0.346.